The quantitative estimate of drug-likeness (QED) is 0.254. The summed E-state index contributed by atoms with van der Waals surface area (Å²) in [6, 6.07) is 4.31. The predicted molar refractivity (Wildman–Crippen MR) is 113 cm³/mol. The second kappa shape index (κ2) is 10.7. The Morgan fingerprint density at radius 2 is 1.88 bits per heavy atom. The van der Waals surface area contributed by atoms with Crippen molar-refractivity contribution in [3.8, 4) is 5.69 Å². The standard InChI is InChI=1S/C19H18Cl2F3N3O5/c1-26-15(19(22,23)24)10-16(28)27(18(26)29)12-4-5-13(20)11(8-12)9-14(21)17(25-31-3)32-7-6-30-2/h4-5,8-10H,6-7H2,1-3H3. The number of alkyl halides is 3. The van der Waals surface area contributed by atoms with Gasteiger partial charge in [0.2, 0.25) is 0 Å². The maximum atomic E-state index is 13.1. The van der Waals surface area contributed by atoms with Gasteiger partial charge in [0.1, 0.15) is 24.4 Å². The third-order valence-electron chi connectivity index (χ3n) is 4.04. The van der Waals surface area contributed by atoms with Crippen LogP contribution in [0.3, 0.4) is 0 Å². The van der Waals surface area contributed by atoms with Crippen molar-refractivity contribution in [2.45, 2.75) is 6.18 Å². The fraction of sp³-hybridized carbons (Fsp3) is 0.316. The summed E-state index contributed by atoms with van der Waals surface area (Å²) < 4.78 is 50.3. The average molecular weight is 496 g/mol. The summed E-state index contributed by atoms with van der Waals surface area (Å²) in [7, 11) is 3.68. The van der Waals surface area contributed by atoms with Gasteiger partial charge in [-0.15, -0.1) is 0 Å². The van der Waals surface area contributed by atoms with E-state index in [-0.39, 0.29) is 40.4 Å². The topological polar surface area (TPSA) is 84.0 Å². The summed E-state index contributed by atoms with van der Waals surface area (Å²) in [4.78, 5) is 29.5. The van der Waals surface area contributed by atoms with Gasteiger partial charge in [-0.05, 0) is 35.0 Å². The van der Waals surface area contributed by atoms with Crippen molar-refractivity contribution < 1.29 is 27.5 Å². The molecule has 0 aliphatic carbocycles. The van der Waals surface area contributed by atoms with Crippen LogP contribution in [0, 0.1) is 0 Å². The number of benzene rings is 1. The lowest BCUT2D eigenvalue weighted by atomic mass is 10.1. The minimum Gasteiger partial charge on any atom is -0.472 e. The molecule has 1 aromatic carbocycles. The summed E-state index contributed by atoms with van der Waals surface area (Å²) in [5, 5.41) is 3.80. The SMILES string of the molecule is COCCOC(=NOC)C(Cl)=Cc1cc(-n2c(=O)cc(C(F)(F)F)n(C)c2=O)ccc1Cl. The molecule has 13 heteroatoms. The molecule has 0 unspecified atom stereocenters. The molecule has 0 N–H and O–H groups in total. The summed E-state index contributed by atoms with van der Waals surface area (Å²) in [6.07, 6.45) is -3.54. The lowest BCUT2D eigenvalue weighted by Gasteiger charge is -2.14. The zero-order chi connectivity index (χ0) is 24.1. The number of ether oxygens (including phenoxy) is 2. The molecule has 0 aliphatic rings. The molecular weight excluding hydrogens is 478 g/mol. The van der Waals surface area contributed by atoms with Crippen molar-refractivity contribution in [2.24, 2.45) is 12.2 Å². The van der Waals surface area contributed by atoms with Crippen LogP contribution in [0.15, 0.2) is 44.0 Å². The van der Waals surface area contributed by atoms with Gasteiger partial charge >= 0.3 is 11.9 Å². The predicted octanol–water partition coefficient (Wildman–Crippen LogP) is 3.41. The first-order valence-electron chi connectivity index (χ1n) is 8.82. The Morgan fingerprint density at radius 3 is 2.47 bits per heavy atom. The first-order chi connectivity index (χ1) is 15.0. The maximum absolute atomic E-state index is 13.1. The van der Waals surface area contributed by atoms with Crippen molar-refractivity contribution in [1.82, 2.24) is 9.13 Å². The minimum atomic E-state index is -4.87. The van der Waals surface area contributed by atoms with Gasteiger partial charge in [0, 0.05) is 25.2 Å². The number of aromatic nitrogens is 2. The molecular formula is C19H18Cl2F3N3O5. The van der Waals surface area contributed by atoms with E-state index >= 15 is 0 Å². The first-order valence-corrected chi connectivity index (χ1v) is 9.57. The fourth-order valence-corrected chi connectivity index (χ4v) is 2.94. The number of hydrogen-bond donors (Lipinski definition) is 0. The highest BCUT2D eigenvalue weighted by Gasteiger charge is 2.35. The van der Waals surface area contributed by atoms with Gasteiger partial charge in [-0.2, -0.15) is 13.2 Å². The van der Waals surface area contributed by atoms with E-state index < -0.39 is 23.1 Å². The van der Waals surface area contributed by atoms with Crippen LogP contribution in [0.2, 0.25) is 5.02 Å². The summed E-state index contributed by atoms with van der Waals surface area (Å²) >= 11 is 12.4. The van der Waals surface area contributed by atoms with E-state index in [9.17, 15) is 22.8 Å². The molecule has 8 nitrogen and oxygen atoms in total. The number of hydrogen-bond acceptors (Lipinski definition) is 6. The number of halogens is 5. The molecule has 0 fully saturated rings. The van der Waals surface area contributed by atoms with Crippen LogP contribution in [0.4, 0.5) is 13.2 Å². The molecule has 0 saturated carbocycles. The maximum Gasteiger partial charge on any atom is 0.431 e. The molecule has 32 heavy (non-hydrogen) atoms. The zero-order valence-electron chi connectivity index (χ0n) is 17.1. The molecule has 1 aromatic heterocycles. The second-order valence-electron chi connectivity index (χ2n) is 6.16. The molecule has 2 rings (SSSR count). The summed E-state index contributed by atoms with van der Waals surface area (Å²) in [6.45, 7) is 0.372. The van der Waals surface area contributed by atoms with Gasteiger partial charge in [-0.25, -0.2) is 9.36 Å². The van der Waals surface area contributed by atoms with Crippen LogP contribution in [0.5, 0.6) is 0 Å². The first kappa shape index (κ1) is 25.5. The Balaban J connectivity index is 2.56. The van der Waals surface area contributed by atoms with Crippen molar-refractivity contribution in [1.29, 1.82) is 0 Å². The molecule has 0 radical (unpaired) electrons. The average Bonchev–Trinajstić information content (AvgIpc) is 2.71. The largest absolute Gasteiger partial charge is 0.472 e. The molecule has 1 heterocycles. The van der Waals surface area contributed by atoms with E-state index in [0.717, 1.165) is 7.05 Å². The molecule has 0 saturated heterocycles. The number of nitrogens with zero attached hydrogens (tertiary/aromatic N) is 3. The van der Waals surface area contributed by atoms with E-state index in [1.807, 2.05) is 0 Å². The van der Waals surface area contributed by atoms with Crippen LogP contribution in [0.1, 0.15) is 11.3 Å². The molecule has 0 bridgehead atoms. The van der Waals surface area contributed by atoms with Gasteiger partial charge in [0.15, 0.2) is 0 Å². The van der Waals surface area contributed by atoms with E-state index in [0.29, 0.717) is 15.2 Å². The van der Waals surface area contributed by atoms with Crippen molar-refractivity contribution >= 4 is 35.2 Å². The van der Waals surface area contributed by atoms with Crippen molar-refractivity contribution in [3.63, 3.8) is 0 Å². The normalized spacial score (nSPS) is 12.8. The van der Waals surface area contributed by atoms with Gasteiger partial charge in [0.25, 0.3) is 11.5 Å². The highest BCUT2D eigenvalue weighted by Crippen LogP contribution is 2.27. The highest BCUT2D eigenvalue weighted by molar-refractivity contribution is 6.44. The van der Waals surface area contributed by atoms with Crippen LogP contribution in [0.25, 0.3) is 11.8 Å². The second-order valence-corrected chi connectivity index (χ2v) is 6.98. The third-order valence-corrected chi connectivity index (χ3v) is 4.65. The Morgan fingerprint density at radius 1 is 1.19 bits per heavy atom. The monoisotopic (exact) mass is 495 g/mol. The van der Waals surface area contributed by atoms with E-state index in [4.69, 9.17) is 32.7 Å². The Kier molecular flexibility index (Phi) is 8.53. The summed E-state index contributed by atoms with van der Waals surface area (Å²) in [5.74, 6) is -0.0877. The lowest BCUT2D eigenvalue weighted by molar-refractivity contribution is -0.144. The Bertz CT molecular complexity index is 1160. The third kappa shape index (κ3) is 5.93. The highest BCUT2D eigenvalue weighted by atomic mass is 35.5. The molecule has 0 atom stereocenters. The number of methoxy groups -OCH3 is 1. The number of oxime groups is 1. The molecule has 0 spiro atoms. The van der Waals surface area contributed by atoms with Gasteiger partial charge in [-0.3, -0.25) is 9.36 Å². The molecule has 0 amide bonds. The minimum absolute atomic E-state index is 0.0185. The lowest BCUT2D eigenvalue weighted by Crippen LogP contribution is -2.40. The van der Waals surface area contributed by atoms with E-state index in [2.05, 4.69) is 9.99 Å². The van der Waals surface area contributed by atoms with Crippen molar-refractivity contribution in [3.05, 3.63) is 66.4 Å². The molecule has 2 aromatic rings. The van der Waals surface area contributed by atoms with E-state index in [1.54, 1.807) is 0 Å². The smallest absolute Gasteiger partial charge is 0.431 e. The Hall–Kier alpha value is -2.76. The van der Waals surface area contributed by atoms with Crippen molar-refractivity contribution in [2.75, 3.05) is 27.4 Å². The Labute approximate surface area is 190 Å². The van der Waals surface area contributed by atoms with Crippen LogP contribution in [-0.4, -0.2) is 42.5 Å². The molecule has 174 valence electrons. The van der Waals surface area contributed by atoms with E-state index in [1.165, 1.54) is 38.5 Å². The summed E-state index contributed by atoms with van der Waals surface area (Å²) in [5.41, 5.74) is -3.49. The molecule has 0 aliphatic heterocycles. The van der Waals surface area contributed by atoms with Gasteiger partial charge in [-0.1, -0.05) is 23.2 Å². The van der Waals surface area contributed by atoms with Crippen LogP contribution < -0.4 is 11.2 Å². The fourth-order valence-electron chi connectivity index (χ4n) is 2.56. The number of rotatable bonds is 7. The van der Waals surface area contributed by atoms with Gasteiger partial charge in [0.05, 0.1) is 12.3 Å². The zero-order valence-corrected chi connectivity index (χ0v) is 18.6. The van der Waals surface area contributed by atoms with Crippen LogP contribution in [-0.2, 0) is 27.5 Å². The van der Waals surface area contributed by atoms with Gasteiger partial charge < -0.3 is 14.3 Å². The van der Waals surface area contributed by atoms with Crippen LogP contribution >= 0.6 is 23.2 Å².